The molecule has 430 valence electrons. The number of ketones is 2. The highest BCUT2D eigenvalue weighted by atomic mass is 16.6. The third kappa shape index (κ3) is 29.6. The molecule has 0 saturated heterocycles. The van der Waals surface area contributed by atoms with Crippen LogP contribution in [-0.4, -0.2) is 81.2 Å². The number of carbonyl (C=O) groups is 4. The zero-order valence-corrected chi connectivity index (χ0v) is 39.5. The van der Waals surface area contributed by atoms with Crippen molar-refractivity contribution in [3.8, 4) is 62.9 Å². The Bertz CT molecular complexity index is 2150. The van der Waals surface area contributed by atoms with Gasteiger partial charge in [-0.3, -0.25) is 9.59 Å². The zero-order chi connectivity index (χ0) is 47.7. The first-order valence-corrected chi connectivity index (χ1v) is 23.6. The normalized spacial score (nSPS) is 10.5. The Morgan fingerprint density at radius 1 is 0.467 bits per heavy atom. The molecule has 0 aliphatic heterocycles. The van der Waals surface area contributed by atoms with E-state index >= 15 is 0 Å². The lowest BCUT2D eigenvalue weighted by Crippen LogP contribution is -2.26. The minimum Gasteiger partial charge on any atom is -0.507 e. The van der Waals surface area contributed by atoms with Gasteiger partial charge in [-0.25, -0.2) is 19.7 Å². The van der Waals surface area contributed by atoms with Crippen LogP contribution in [0.3, 0.4) is 0 Å². The van der Waals surface area contributed by atoms with Crippen LogP contribution in [0.2, 0.25) is 0 Å². The Labute approximate surface area is 456 Å². The maximum Gasteiger partial charge on any atom is 0.347 e. The SMILES string of the molecule is C.C.C.C.C.C.C.C.C.COc1ccc(-c2nc(-c3ccc(OC(C)C(C)=O)cc3O)nc(-c3ccc(OC(C)C(=O)OCCCCCCCCCCCCOC(=O)CCCCCCCCC(C)=O)cc3O)n2)cc1. The molecule has 0 radical (unpaired) electrons. The lowest BCUT2D eigenvalue weighted by atomic mass is 10.1. The molecular formula is C61H105N3O11. The van der Waals surface area contributed by atoms with Crippen molar-refractivity contribution in [1.29, 1.82) is 0 Å². The van der Waals surface area contributed by atoms with Crippen LogP contribution in [0.4, 0.5) is 0 Å². The number of esters is 2. The molecule has 0 aliphatic carbocycles. The lowest BCUT2D eigenvalue weighted by molar-refractivity contribution is -0.151. The number of unbranched alkanes of at least 4 members (excludes halogenated alkanes) is 14. The van der Waals surface area contributed by atoms with Crippen LogP contribution in [0, 0.1) is 0 Å². The molecule has 2 atom stereocenters. The number of aromatic nitrogens is 3. The second-order valence-corrected chi connectivity index (χ2v) is 16.8. The Morgan fingerprint density at radius 2 is 0.840 bits per heavy atom. The van der Waals surface area contributed by atoms with Gasteiger partial charge in [-0.1, -0.05) is 144 Å². The van der Waals surface area contributed by atoms with Crippen LogP contribution < -0.4 is 14.2 Å². The van der Waals surface area contributed by atoms with Crippen molar-refractivity contribution >= 4 is 23.5 Å². The van der Waals surface area contributed by atoms with Gasteiger partial charge in [0, 0.05) is 30.5 Å². The van der Waals surface area contributed by atoms with Crippen molar-refractivity contribution < 1.29 is 53.1 Å². The van der Waals surface area contributed by atoms with Gasteiger partial charge in [0.25, 0.3) is 0 Å². The van der Waals surface area contributed by atoms with Crippen LogP contribution in [0.15, 0.2) is 60.7 Å². The van der Waals surface area contributed by atoms with Crippen molar-refractivity contribution in [2.75, 3.05) is 20.3 Å². The first kappa shape index (κ1) is 80.3. The fraction of sp³-hybridized carbons (Fsp3) is 0.590. The average molecular weight is 1060 g/mol. The van der Waals surface area contributed by atoms with E-state index in [1.54, 1.807) is 76.4 Å². The molecule has 4 aromatic rings. The number of ether oxygens (including phenoxy) is 5. The first-order chi connectivity index (χ1) is 31.8. The van der Waals surface area contributed by atoms with E-state index < -0.39 is 18.2 Å². The number of phenols is 2. The van der Waals surface area contributed by atoms with Gasteiger partial charge in [0.05, 0.1) is 31.5 Å². The fourth-order valence-corrected chi connectivity index (χ4v) is 7.09. The second kappa shape index (κ2) is 44.3. The number of carbonyl (C=O) groups excluding carboxylic acids is 4. The molecule has 4 rings (SSSR count). The number of phenolic OH excluding ortho intramolecular Hbond substituents is 2. The van der Waals surface area contributed by atoms with Gasteiger partial charge in [-0.05, 0) is 102 Å². The number of nitrogens with zero attached hydrogens (tertiary/aromatic N) is 3. The van der Waals surface area contributed by atoms with E-state index in [4.69, 9.17) is 23.7 Å². The Balaban J connectivity index is -0.00000132. The maximum absolute atomic E-state index is 12.8. The molecule has 3 aromatic carbocycles. The topological polar surface area (TPSA) is 194 Å². The number of aromatic hydroxyl groups is 2. The highest BCUT2D eigenvalue weighted by molar-refractivity contribution is 5.80. The van der Waals surface area contributed by atoms with E-state index in [2.05, 4.69) is 15.0 Å². The van der Waals surface area contributed by atoms with Crippen molar-refractivity contribution in [2.45, 2.75) is 222 Å². The number of hydrogen-bond acceptors (Lipinski definition) is 14. The van der Waals surface area contributed by atoms with Gasteiger partial charge in [0.2, 0.25) is 0 Å². The minimum absolute atomic E-state index is 0. The Hall–Kier alpha value is -6.05. The zero-order valence-electron chi connectivity index (χ0n) is 39.5. The number of Topliss-reactive ketones (excluding diaryl/α,β-unsaturated/α-hetero) is 2. The van der Waals surface area contributed by atoms with E-state index in [-0.39, 0.29) is 130 Å². The molecule has 75 heavy (non-hydrogen) atoms. The van der Waals surface area contributed by atoms with E-state index in [1.807, 2.05) is 0 Å². The van der Waals surface area contributed by atoms with Gasteiger partial charge in [0.1, 0.15) is 34.5 Å². The number of methoxy groups -OCH3 is 1. The van der Waals surface area contributed by atoms with Gasteiger partial charge in [0.15, 0.2) is 35.5 Å². The summed E-state index contributed by atoms with van der Waals surface area (Å²) in [4.78, 5) is 61.3. The molecule has 0 aliphatic rings. The second-order valence-electron chi connectivity index (χ2n) is 16.8. The molecule has 0 spiro atoms. The van der Waals surface area contributed by atoms with Crippen LogP contribution >= 0.6 is 0 Å². The van der Waals surface area contributed by atoms with Crippen molar-refractivity contribution in [3.05, 3.63) is 60.7 Å². The third-order valence-electron chi connectivity index (χ3n) is 11.1. The molecular weight excluding hydrogens is 951 g/mol. The van der Waals surface area contributed by atoms with Gasteiger partial charge < -0.3 is 38.7 Å². The summed E-state index contributed by atoms with van der Waals surface area (Å²) in [6.07, 6.45) is 16.2. The summed E-state index contributed by atoms with van der Waals surface area (Å²) in [5, 5.41) is 22.2. The molecule has 1 heterocycles. The summed E-state index contributed by atoms with van der Waals surface area (Å²) >= 11 is 0. The molecule has 14 heteroatoms. The largest absolute Gasteiger partial charge is 0.507 e. The lowest BCUT2D eigenvalue weighted by Gasteiger charge is -2.15. The smallest absolute Gasteiger partial charge is 0.347 e. The average Bonchev–Trinajstić information content (AvgIpc) is 3.29. The highest BCUT2D eigenvalue weighted by Crippen LogP contribution is 2.36. The predicted octanol–water partition coefficient (Wildman–Crippen LogP) is 16.8. The predicted molar refractivity (Wildman–Crippen MR) is 313 cm³/mol. The van der Waals surface area contributed by atoms with Crippen LogP contribution in [0.1, 0.15) is 210 Å². The van der Waals surface area contributed by atoms with Crippen molar-refractivity contribution in [1.82, 2.24) is 15.0 Å². The van der Waals surface area contributed by atoms with E-state index in [9.17, 15) is 29.4 Å². The molecule has 2 N–H and O–H groups in total. The standard InChI is InChI=1S/C52H69N3O11.9CH4/c1-36(56)22-18-14-10-11-15-19-23-48(60)63-32-20-16-12-8-6-7-9-13-17-21-33-64-52(61)39(4)66-43-29-31-45(47(59)35-43)51-54-49(40-24-26-41(62-5)27-25-40)53-50(55-51)44-30-28-42(34-46(44)58)65-38(3)37(2)57;;;;;;;;;/h24-31,34-35,38-39,58-59H,6-23,32-33H2,1-5H3;9*1H4. The van der Waals surface area contributed by atoms with Crippen LogP contribution in [0.5, 0.6) is 28.7 Å². The molecule has 0 fully saturated rings. The maximum atomic E-state index is 12.8. The van der Waals surface area contributed by atoms with Gasteiger partial charge >= 0.3 is 11.9 Å². The quantitative estimate of drug-likeness (QED) is 0.0346. The van der Waals surface area contributed by atoms with Crippen molar-refractivity contribution in [3.63, 3.8) is 0 Å². The summed E-state index contributed by atoms with van der Waals surface area (Å²) in [5.74, 6) is 0.794. The molecule has 0 amide bonds. The number of benzene rings is 3. The molecule has 0 saturated carbocycles. The summed E-state index contributed by atoms with van der Waals surface area (Å²) in [6.45, 7) is 7.07. The van der Waals surface area contributed by atoms with Crippen molar-refractivity contribution in [2.24, 2.45) is 0 Å². The summed E-state index contributed by atoms with van der Waals surface area (Å²) in [5.41, 5.74) is 1.16. The highest BCUT2D eigenvalue weighted by Gasteiger charge is 2.21. The van der Waals surface area contributed by atoms with E-state index in [1.165, 1.54) is 31.9 Å². The molecule has 2 unspecified atom stereocenters. The molecule has 0 bridgehead atoms. The number of rotatable bonds is 32. The van der Waals surface area contributed by atoms with Gasteiger partial charge in [-0.15, -0.1) is 0 Å². The van der Waals surface area contributed by atoms with E-state index in [0.717, 1.165) is 89.9 Å². The third-order valence-corrected chi connectivity index (χ3v) is 11.1. The number of hydrogen-bond donors (Lipinski definition) is 2. The molecule has 14 nitrogen and oxygen atoms in total. The minimum atomic E-state index is -0.919. The summed E-state index contributed by atoms with van der Waals surface area (Å²) in [6, 6.07) is 16.2. The van der Waals surface area contributed by atoms with E-state index in [0.29, 0.717) is 43.1 Å². The van der Waals surface area contributed by atoms with Crippen LogP contribution in [-0.2, 0) is 28.7 Å². The molecule has 1 aromatic heterocycles. The summed E-state index contributed by atoms with van der Waals surface area (Å²) < 4.78 is 27.6. The van der Waals surface area contributed by atoms with Gasteiger partial charge in [-0.2, -0.15) is 0 Å². The Kier molecular flexibility index (Phi) is 47.4. The fourth-order valence-electron chi connectivity index (χ4n) is 7.09. The monoisotopic (exact) mass is 1060 g/mol. The Morgan fingerprint density at radius 3 is 1.25 bits per heavy atom. The summed E-state index contributed by atoms with van der Waals surface area (Å²) in [7, 11) is 1.56. The first-order valence-electron chi connectivity index (χ1n) is 23.6. The van der Waals surface area contributed by atoms with Crippen LogP contribution in [0.25, 0.3) is 34.2 Å².